The Morgan fingerprint density at radius 3 is 2.14 bits per heavy atom. The van der Waals surface area contributed by atoms with Gasteiger partial charge in [0.25, 0.3) is 0 Å². The molecule has 0 radical (unpaired) electrons. The average molecular weight is 298 g/mol. The predicted molar refractivity (Wildman–Crippen MR) is 88.0 cm³/mol. The van der Waals surface area contributed by atoms with Crippen LogP contribution < -0.4 is 4.74 Å². The topological polar surface area (TPSA) is 35.5 Å². The first-order valence-corrected chi connectivity index (χ1v) is 7.64. The fourth-order valence-electron chi connectivity index (χ4n) is 2.13. The highest BCUT2D eigenvalue weighted by Gasteiger charge is 2.02. The van der Waals surface area contributed by atoms with Crippen molar-refractivity contribution in [2.24, 2.45) is 0 Å². The molecule has 0 heterocycles. The van der Waals surface area contributed by atoms with Gasteiger partial charge in [0.2, 0.25) is 0 Å². The monoisotopic (exact) mass is 298 g/mol. The number of carbonyl (C=O) groups excluding carboxylic acids is 1. The van der Waals surface area contributed by atoms with Gasteiger partial charge in [-0.25, -0.2) is 0 Å². The molecule has 0 spiro atoms. The molecule has 0 saturated carbocycles. The zero-order chi connectivity index (χ0) is 15.8. The van der Waals surface area contributed by atoms with Gasteiger partial charge in [-0.2, -0.15) is 0 Å². The molecule has 0 bridgehead atoms. The predicted octanol–water partition coefficient (Wildman–Crippen LogP) is 4.38. The lowest BCUT2D eigenvalue weighted by Gasteiger charge is -2.07. The molecule has 2 rings (SSSR count). The molecule has 3 heteroatoms. The molecule has 0 saturated heterocycles. The van der Waals surface area contributed by atoms with Crippen molar-refractivity contribution in [2.45, 2.75) is 26.7 Å². The highest BCUT2D eigenvalue weighted by molar-refractivity contribution is 5.69. The molecule has 0 aliphatic heterocycles. The number of benzene rings is 2. The number of ether oxygens (including phenoxy) is 2. The van der Waals surface area contributed by atoms with Gasteiger partial charge < -0.3 is 9.47 Å². The number of esters is 1. The summed E-state index contributed by atoms with van der Waals surface area (Å²) in [5.74, 6) is 0.653. The minimum atomic E-state index is -0.166. The van der Waals surface area contributed by atoms with Crippen LogP contribution in [-0.2, 0) is 9.53 Å². The molecular weight excluding hydrogens is 276 g/mol. The Balaban J connectivity index is 1.82. The van der Waals surface area contributed by atoms with E-state index in [4.69, 9.17) is 9.47 Å². The molecule has 0 atom stereocenters. The van der Waals surface area contributed by atoms with Gasteiger partial charge in [-0.05, 0) is 43.5 Å². The third kappa shape index (κ3) is 4.92. The lowest BCUT2D eigenvalue weighted by atomic mass is 10.0. The molecule has 0 fully saturated rings. The Kier molecular flexibility index (Phi) is 6.01. The van der Waals surface area contributed by atoms with E-state index in [-0.39, 0.29) is 5.97 Å². The Labute approximate surface area is 131 Å². The lowest BCUT2D eigenvalue weighted by Crippen LogP contribution is -2.06. The molecule has 0 N–H and O–H groups in total. The third-order valence-electron chi connectivity index (χ3n) is 3.34. The highest BCUT2D eigenvalue weighted by atomic mass is 16.5. The summed E-state index contributed by atoms with van der Waals surface area (Å²) >= 11 is 0. The number of hydrogen-bond acceptors (Lipinski definition) is 3. The number of carbonyl (C=O) groups is 1. The molecular formula is C19H22O3. The fourth-order valence-corrected chi connectivity index (χ4v) is 2.13. The van der Waals surface area contributed by atoms with E-state index < -0.39 is 0 Å². The van der Waals surface area contributed by atoms with E-state index in [1.165, 1.54) is 16.7 Å². The van der Waals surface area contributed by atoms with Crippen LogP contribution in [0.2, 0.25) is 0 Å². The van der Waals surface area contributed by atoms with Gasteiger partial charge in [-0.3, -0.25) is 4.79 Å². The van der Waals surface area contributed by atoms with Crippen molar-refractivity contribution < 1.29 is 14.3 Å². The van der Waals surface area contributed by atoms with Crippen LogP contribution in [0, 0.1) is 6.92 Å². The van der Waals surface area contributed by atoms with E-state index in [0.717, 1.165) is 5.75 Å². The summed E-state index contributed by atoms with van der Waals surface area (Å²) in [5, 5.41) is 0. The maximum atomic E-state index is 11.2. The van der Waals surface area contributed by atoms with E-state index in [2.05, 4.69) is 31.2 Å². The lowest BCUT2D eigenvalue weighted by molar-refractivity contribution is -0.143. The average Bonchev–Trinajstić information content (AvgIpc) is 2.53. The van der Waals surface area contributed by atoms with Crippen molar-refractivity contribution in [3.63, 3.8) is 0 Å². The van der Waals surface area contributed by atoms with Crippen molar-refractivity contribution >= 4 is 5.97 Å². The van der Waals surface area contributed by atoms with Gasteiger partial charge >= 0.3 is 5.97 Å². The van der Waals surface area contributed by atoms with E-state index >= 15 is 0 Å². The van der Waals surface area contributed by atoms with Crippen LogP contribution in [0.5, 0.6) is 5.75 Å². The number of rotatable bonds is 7. The molecule has 22 heavy (non-hydrogen) atoms. The van der Waals surface area contributed by atoms with Crippen LogP contribution >= 0.6 is 0 Å². The van der Waals surface area contributed by atoms with Crippen molar-refractivity contribution in [2.75, 3.05) is 13.2 Å². The van der Waals surface area contributed by atoms with E-state index in [9.17, 15) is 4.79 Å². The quantitative estimate of drug-likeness (QED) is 0.562. The van der Waals surface area contributed by atoms with E-state index in [1.54, 1.807) is 0 Å². The second-order valence-corrected chi connectivity index (χ2v) is 5.15. The van der Waals surface area contributed by atoms with Gasteiger partial charge in [0.1, 0.15) is 5.75 Å². The van der Waals surface area contributed by atoms with Crippen LogP contribution in [0.1, 0.15) is 25.3 Å². The molecule has 116 valence electrons. The second kappa shape index (κ2) is 8.23. The molecule has 2 aromatic rings. The Hall–Kier alpha value is -2.29. The molecule has 0 amide bonds. The first-order valence-electron chi connectivity index (χ1n) is 7.64. The summed E-state index contributed by atoms with van der Waals surface area (Å²) in [6.07, 6.45) is 1.06. The maximum absolute atomic E-state index is 11.2. The van der Waals surface area contributed by atoms with Crippen LogP contribution in [-0.4, -0.2) is 19.2 Å². The SMILES string of the molecule is CCOC(=O)CCCOc1ccc(-c2ccc(C)cc2)cc1. The smallest absolute Gasteiger partial charge is 0.305 e. The van der Waals surface area contributed by atoms with Crippen LogP contribution in [0.15, 0.2) is 48.5 Å². The largest absolute Gasteiger partial charge is 0.494 e. The van der Waals surface area contributed by atoms with Gasteiger partial charge in [0.05, 0.1) is 13.2 Å². The molecule has 0 aliphatic rings. The zero-order valence-corrected chi connectivity index (χ0v) is 13.2. The molecule has 0 unspecified atom stereocenters. The van der Waals surface area contributed by atoms with Crippen molar-refractivity contribution in [3.05, 3.63) is 54.1 Å². The fraction of sp³-hybridized carbons (Fsp3) is 0.316. The normalized spacial score (nSPS) is 10.3. The minimum absolute atomic E-state index is 0.166. The summed E-state index contributed by atoms with van der Waals surface area (Å²) in [7, 11) is 0. The van der Waals surface area contributed by atoms with Gasteiger partial charge in [0.15, 0.2) is 0 Å². The van der Waals surface area contributed by atoms with Crippen molar-refractivity contribution in [3.8, 4) is 16.9 Å². The molecule has 3 nitrogen and oxygen atoms in total. The Morgan fingerprint density at radius 2 is 1.55 bits per heavy atom. The first-order chi connectivity index (χ1) is 10.7. The number of aryl methyl sites for hydroxylation is 1. The van der Waals surface area contributed by atoms with E-state index in [0.29, 0.717) is 26.1 Å². The Bertz CT molecular complexity index is 585. The van der Waals surface area contributed by atoms with Crippen LogP contribution in [0.25, 0.3) is 11.1 Å². The Morgan fingerprint density at radius 1 is 0.955 bits per heavy atom. The van der Waals surface area contributed by atoms with E-state index in [1.807, 2.05) is 31.2 Å². The first kappa shape index (κ1) is 16.1. The molecule has 0 aliphatic carbocycles. The standard InChI is InChI=1S/C19H22O3/c1-3-21-19(20)5-4-14-22-18-12-10-17(11-13-18)16-8-6-15(2)7-9-16/h6-13H,3-5,14H2,1-2H3. The number of hydrogen-bond donors (Lipinski definition) is 0. The summed E-state index contributed by atoms with van der Waals surface area (Å²) in [4.78, 5) is 11.2. The molecule has 0 aromatic heterocycles. The van der Waals surface area contributed by atoms with Crippen molar-refractivity contribution in [1.82, 2.24) is 0 Å². The van der Waals surface area contributed by atoms with Crippen LogP contribution in [0.4, 0.5) is 0 Å². The third-order valence-corrected chi connectivity index (χ3v) is 3.34. The van der Waals surface area contributed by atoms with Gasteiger partial charge in [0, 0.05) is 6.42 Å². The zero-order valence-electron chi connectivity index (χ0n) is 13.2. The van der Waals surface area contributed by atoms with Gasteiger partial charge in [-0.15, -0.1) is 0 Å². The summed E-state index contributed by atoms with van der Waals surface area (Å²) < 4.78 is 10.5. The minimum Gasteiger partial charge on any atom is -0.494 e. The summed E-state index contributed by atoms with van der Waals surface area (Å²) in [5.41, 5.74) is 3.61. The highest BCUT2D eigenvalue weighted by Crippen LogP contribution is 2.22. The van der Waals surface area contributed by atoms with Gasteiger partial charge in [-0.1, -0.05) is 42.0 Å². The maximum Gasteiger partial charge on any atom is 0.305 e. The summed E-state index contributed by atoms with van der Waals surface area (Å²) in [6.45, 7) is 4.84. The second-order valence-electron chi connectivity index (χ2n) is 5.15. The van der Waals surface area contributed by atoms with Crippen molar-refractivity contribution in [1.29, 1.82) is 0 Å². The summed E-state index contributed by atoms with van der Waals surface area (Å²) in [6, 6.07) is 16.5. The van der Waals surface area contributed by atoms with Crippen LogP contribution in [0.3, 0.4) is 0 Å². The molecule has 2 aromatic carbocycles.